The molecule has 1 atom stereocenters. The molecule has 3 heterocycles. The van der Waals surface area contributed by atoms with Gasteiger partial charge >= 0.3 is 0 Å². The van der Waals surface area contributed by atoms with E-state index in [9.17, 15) is 9.59 Å². The Kier molecular flexibility index (Phi) is 6.63. The predicted molar refractivity (Wildman–Crippen MR) is 114 cm³/mol. The second-order valence-electron chi connectivity index (χ2n) is 7.76. The molecule has 0 saturated carbocycles. The molecular formula is C20H29N3O2S2. The first-order chi connectivity index (χ1) is 12.9. The lowest BCUT2D eigenvalue weighted by Crippen LogP contribution is -2.38. The van der Waals surface area contributed by atoms with E-state index in [-0.39, 0.29) is 11.5 Å². The summed E-state index contributed by atoms with van der Waals surface area (Å²) in [5.74, 6) is 1.70. The SMILES string of the molecule is CC[C@H](C)Cc1c(C)sc2nc(SCC(=O)N3CCC(C)CC3)[nH]c(=O)c12. The molecule has 0 aromatic carbocycles. The number of aryl methyl sites for hydroxylation is 1. The summed E-state index contributed by atoms with van der Waals surface area (Å²) < 4.78 is 0. The van der Waals surface area contributed by atoms with Crippen LogP contribution in [0, 0.1) is 18.8 Å². The van der Waals surface area contributed by atoms with Gasteiger partial charge in [0.2, 0.25) is 5.91 Å². The highest BCUT2D eigenvalue weighted by atomic mass is 32.2. The summed E-state index contributed by atoms with van der Waals surface area (Å²) in [6.07, 6.45) is 4.15. The number of aromatic amines is 1. The van der Waals surface area contributed by atoms with Crippen molar-refractivity contribution in [2.45, 2.75) is 58.5 Å². The summed E-state index contributed by atoms with van der Waals surface area (Å²) >= 11 is 2.92. The van der Waals surface area contributed by atoms with E-state index in [2.05, 4.69) is 37.7 Å². The van der Waals surface area contributed by atoms with E-state index in [1.165, 1.54) is 16.6 Å². The van der Waals surface area contributed by atoms with Gasteiger partial charge in [-0.15, -0.1) is 11.3 Å². The Morgan fingerprint density at radius 3 is 2.78 bits per heavy atom. The Balaban J connectivity index is 1.73. The number of rotatable bonds is 6. The monoisotopic (exact) mass is 407 g/mol. The van der Waals surface area contributed by atoms with Crippen molar-refractivity contribution in [1.29, 1.82) is 0 Å². The van der Waals surface area contributed by atoms with Gasteiger partial charge in [0.25, 0.3) is 5.56 Å². The molecule has 1 amide bonds. The minimum atomic E-state index is -0.0793. The van der Waals surface area contributed by atoms with E-state index in [0.29, 0.717) is 22.7 Å². The molecule has 1 fully saturated rings. The summed E-state index contributed by atoms with van der Waals surface area (Å²) in [7, 11) is 0. The Bertz CT molecular complexity index is 866. The van der Waals surface area contributed by atoms with Crippen molar-refractivity contribution in [2.75, 3.05) is 18.8 Å². The van der Waals surface area contributed by atoms with E-state index in [1.54, 1.807) is 11.3 Å². The first-order valence-electron chi connectivity index (χ1n) is 9.81. The molecule has 0 spiro atoms. The quantitative estimate of drug-likeness (QED) is 0.575. The van der Waals surface area contributed by atoms with Gasteiger partial charge in [-0.05, 0) is 43.6 Å². The Morgan fingerprint density at radius 1 is 1.41 bits per heavy atom. The lowest BCUT2D eigenvalue weighted by molar-refractivity contribution is -0.129. The highest BCUT2D eigenvalue weighted by molar-refractivity contribution is 7.99. The van der Waals surface area contributed by atoms with E-state index >= 15 is 0 Å². The molecule has 3 rings (SSSR count). The molecule has 2 aromatic rings. The fourth-order valence-electron chi connectivity index (χ4n) is 3.44. The number of thioether (sulfide) groups is 1. The third-order valence-electron chi connectivity index (χ3n) is 5.56. The van der Waals surface area contributed by atoms with Crippen LogP contribution in [0.4, 0.5) is 0 Å². The first-order valence-corrected chi connectivity index (χ1v) is 11.6. The van der Waals surface area contributed by atoms with Crippen LogP contribution in [-0.2, 0) is 11.2 Å². The zero-order valence-corrected chi connectivity index (χ0v) is 18.3. The van der Waals surface area contributed by atoms with E-state index in [1.807, 2.05) is 4.90 Å². The maximum absolute atomic E-state index is 12.7. The first kappa shape index (κ1) is 20.4. The largest absolute Gasteiger partial charge is 0.342 e. The van der Waals surface area contributed by atoms with E-state index in [4.69, 9.17) is 0 Å². The molecule has 1 N–H and O–H groups in total. The van der Waals surface area contributed by atoms with Crippen LogP contribution in [0.3, 0.4) is 0 Å². The number of nitrogens with one attached hydrogen (secondary N) is 1. The summed E-state index contributed by atoms with van der Waals surface area (Å²) in [6, 6.07) is 0. The molecule has 27 heavy (non-hydrogen) atoms. The maximum Gasteiger partial charge on any atom is 0.260 e. The van der Waals surface area contributed by atoms with Crippen molar-refractivity contribution in [3.05, 3.63) is 20.8 Å². The van der Waals surface area contributed by atoms with Gasteiger partial charge in [0.1, 0.15) is 4.83 Å². The smallest absolute Gasteiger partial charge is 0.260 e. The highest BCUT2D eigenvalue weighted by Crippen LogP contribution is 2.30. The van der Waals surface area contributed by atoms with Crippen molar-refractivity contribution in [2.24, 2.45) is 11.8 Å². The van der Waals surface area contributed by atoms with Gasteiger partial charge in [-0.2, -0.15) is 0 Å². The van der Waals surface area contributed by atoms with Crippen molar-refractivity contribution in [3.63, 3.8) is 0 Å². The number of aromatic nitrogens is 2. The molecule has 5 nitrogen and oxygen atoms in total. The Hall–Kier alpha value is -1.34. The number of carbonyl (C=O) groups is 1. The van der Waals surface area contributed by atoms with Crippen molar-refractivity contribution in [1.82, 2.24) is 14.9 Å². The van der Waals surface area contributed by atoms with Crippen LogP contribution in [0.1, 0.15) is 50.5 Å². The fraction of sp³-hybridized carbons (Fsp3) is 0.650. The minimum Gasteiger partial charge on any atom is -0.342 e. The second-order valence-corrected chi connectivity index (χ2v) is 9.92. The van der Waals surface area contributed by atoms with Gasteiger partial charge in [0.05, 0.1) is 11.1 Å². The van der Waals surface area contributed by atoms with Crippen LogP contribution >= 0.6 is 23.1 Å². The molecule has 1 aliphatic heterocycles. The summed E-state index contributed by atoms with van der Waals surface area (Å²) in [4.78, 5) is 36.5. The number of piperidine rings is 1. The Morgan fingerprint density at radius 2 is 2.11 bits per heavy atom. The Labute approximate surface area is 169 Å². The standard InChI is InChI=1S/C20H29N3O2S2/c1-5-12(2)10-15-14(4)27-19-17(15)18(25)21-20(22-19)26-11-16(24)23-8-6-13(3)7-9-23/h12-13H,5-11H2,1-4H3,(H,21,22,25)/t12-/m0/s1. The molecule has 0 unspecified atom stereocenters. The molecule has 0 aliphatic carbocycles. The molecule has 148 valence electrons. The van der Waals surface area contributed by atoms with Gasteiger partial charge in [-0.3, -0.25) is 9.59 Å². The number of thiophene rings is 1. The molecule has 1 aliphatic rings. The summed E-state index contributed by atoms with van der Waals surface area (Å²) in [5, 5.41) is 1.28. The average Bonchev–Trinajstić information content (AvgIpc) is 2.95. The highest BCUT2D eigenvalue weighted by Gasteiger charge is 2.21. The number of H-pyrrole nitrogens is 1. The van der Waals surface area contributed by atoms with Gasteiger partial charge in [0.15, 0.2) is 5.16 Å². The summed E-state index contributed by atoms with van der Waals surface area (Å²) in [6.45, 7) is 10.4. The zero-order valence-electron chi connectivity index (χ0n) is 16.6. The lowest BCUT2D eigenvalue weighted by atomic mass is 9.98. The second kappa shape index (κ2) is 8.78. The summed E-state index contributed by atoms with van der Waals surface area (Å²) in [5.41, 5.74) is 1.05. The van der Waals surface area contributed by atoms with E-state index < -0.39 is 0 Å². The third kappa shape index (κ3) is 4.74. The zero-order chi connectivity index (χ0) is 19.6. The van der Waals surface area contributed by atoms with Crippen molar-refractivity contribution < 1.29 is 4.79 Å². The molecule has 2 aromatic heterocycles. The number of carbonyl (C=O) groups excluding carboxylic acids is 1. The number of hydrogen-bond acceptors (Lipinski definition) is 5. The normalized spacial score (nSPS) is 16.8. The van der Waals surface area contributed by atoms with Gasteiger partial charge in [0, 0.05) is 18.0 Å². The van der Waals surface area contributed by atoms with Crippen LogP contribution in [0.2, 0.25) is 0 Å². The number of nitrogens with zero attached hydrogens (tertiary/aromatic N) is 2. The van der Waals surface area contributed by atoms with Gasteiger partial charge in [-0.1, -0.05) is 39.0 Å². The van der Waals surface area contributed by atoms with Crippen LogP contribution in [0.15, 0.2) is 9.95 Å². The molecule has 1 saturated heterocycles. The van der Waals surface area contributed by atoms with Gasteiger partial charge < -0.3 is 9.88 Å². The molecule has 0 bridgehead atoms. The molecular weight excluding hydrogens is 378 g/mol. The van der Waals surface area contributed by atoms with Crippen LogP contribution in [-0.4, -0.2) is 39.6 Å². The van der Waals surface area contributed by atoms with E-state index in [0.717, 1.165) is 54.6 Å². The van der Waals surface area contributed by atoms with Crippen LogP contribution in [0.25, 0.3) is 10.2 Å². The number of hydrogen-bond donors (Lipinski definition) is 1. The number of fused-ring (bicyclic) bond motifs is 1. The predicted octanol–water partition coefficient (Wildman–Crippen LogP) is 4.23. The van der Waals surface area contributed by atoms with Crippen molar-refractivity contribution in [3.8, 4) is 0 Å². The maximum atomic E-state index is 12.7. The number of amides is 1. The van der Waals surface area contributed by atoms with Crippen LogP contribution < -0.4 is 5.56 Å². The molecule has 7 heteroatoms. The third-order valence-corrected chi connectivity index (χ3v) is 7.46. The van der Waals surface area contributed by atoms with Gasteiger partial charge in [-0.25, -0.2) is 4.98 Å². The fourth-order valence-corrected chi connectivity index (χ4v) is 5.32. The average molecular weight is 408 g/mol. The lowest BCUT2D eigenvalue weighted by Gasteiger charge is -2.30. The number of likely N-dealkylation sites (tertiary alicyclic amines) is 1. The topological polar surface area (TPSA) is 66.1 Å². The van der Waals surface area contributed by atoms with Crippen molar-refractivity contribution >= 4 is 39.2 Å². The molecule has 0 radical (unpaired) electrons. The van der Waals surface area contributed by atoms with Crippen LogP contribution in [0.5, 0.6) is 0 Å². The minimum absolute atomic E-state index is 0.0793.